The van der Waals surface area contributed by atoms with E-state index in [1.807, 2.05) is 0 Å². The Hall–Kier alpha value is -0.610. The molecule has 5 unspecified atom stereocenters. The minimum atomic E-state index is -0.907. The third-order valence-electron chi connectivity index (χ3n) is 6.31. The standard InChI is InChI=1S/C15H22O4/c16-13(17)9-18-1-2-19-15-7-11-3-10-4-12(8-15)14(15,5-10)6-11/h10-12H,1-9H2,(H,16,17). The number of carboxylic acid groups (broad SMARTS) is 1. The summed E-state index contributed by atoms with van der Waals surface area (Å²) >= 11 is 0. The van der Waals surface area contributed by atoms with E-state index in [0.717, 1.165) is 17.8 Å². The first-order valence-corrected chi connectivity index (χ1v) is 7.57. The van der Waals surface area contributed by atoms with Crippen LogP contribution in [0.4, 0.5) is 0 Å². The van der Waals surface area contributed by atoms with E-state index in [0.29, 0.717) is 18.6 Å². The van der Waals surface area contributed by atoms with Crippen LogP contribution in [0.25, 0.3) is 0 Å². The van der Waals surface area contributed by atoms with Gasteiger partial charge in [0.2, 0.25) is 0 Å². The number of aliphatic carboxylic acids is 1. The van der Waals surface area contributed by atoms with Gasteiger partial charge in [0.15, 0.2) is 0 Å². The summed E-state index contributed by atoms with van der Waals surface area (Å²) in [6.07, 6.45) is 8.15. The monoisotopic (exact) mass is 266 g/mol. The summed E-state index contributed by atoms with van der Waals surface area (Å²) in [6, 6.07) is 0. The van der Waals surface area contributed by atoms with Crippen molar-refractivity contribution < 1.29 is 19.4 Å². The van der Waals surface area contributed by atoms with Crippen LogP contribution in [0.2, 0.25) is 0 Å². The highest BCUT2D eigenvalue weighted by molar-refractivity contribution is 5.67. The fraction of sp³-hybridized carbons (Fsp3) is 0.933. The van der Waals surface area contributed by atoms with E-state index < -0.39 is 5.97 Å². The van der Waals surface area contributed by atoms with Gasteiger partial charge in [-0.15, -0.1) is 0 Å². The lowest BCUT2D eigenvalue weighted by molar-refractivity contribution is -0.217. The van der Waals surface area contributed by atoms with Crippen LogP contribution in [-0.4, -0.2) is 36.5 Å². The maximum Gasteiger partial charge on any atom is 0.329 e. The molecule has 4 aliphatic carbocycles. The number of hydrogen-bond donors (Lipinski definition) is 1. The molecule has 0 aromatic carbocycles. The van der Waals surface area contributed by atoms with Gasteiger partial charge in [-0.2, -0.15) is 0 Å². The Morgan fingerprint density at radius 2 is 1.95 bits per heavy atom. The van der Waals surface area contributed by atoms with Gasteiger partial charge in [0, 0.05) is 5.41 Å². The molecule has 4 aliphatic rings. The zero-order valence-corrected chi connectivity index (χ0v) is 11.3. The molecule has 4 saturated carbocycles. The summed E-state index contributed by atoms with van der Waals surface area (Å²) in [4.78, 5) is 10.4. The molecular formula is C15H22O4. The minimum Gasteiger partial charge on any atom is -0.480 e. The number of carbonyl (C=O) groups is 1. The van der Waals surface area contributed by atoms with Crippen molar-refractivity contribution in [3.05, 3.63) is 0 Å². The van der Waals surface area contributed by atoms with Crippen LogP contribution in [-0.2, 0) is 14.3 Å². The number of rotatable bonds is 6. The van der Waals surface area contributed by atoms with Gasteiger partial charge >= 0.3 is 5.97 Å². The van der Waals surface area contributed by atoms with E-state index in [2.05, 4.69) is 0 Å². The van der Waals surface area contributed by atoms with Crippen molar-refractivity contribution in [1.29, 1.82) is 0 Å². The molecule has 4 rings (SSSR count). The average molecular weight is 266 g/mol. The van der Waals surface area contributed by atoms with E-state index in [-0.39, 0.29) is 12.2 Å². The van der Waals surface area contributed by atoms with Gasteiger partial charge in [0.05, 0.1) is 18.8 Å². The van der Waals surface area contributed by atoms with Crippen molar-refractivity contribution in [2.75, 3.05) is 19.8 Å². The molecule has 0 amide bonds. The fourth-order valence-electron chi connectivity index (χ4n) is 6.01. The second-order valence-electron chi connectivity index (χ2n) is 7.16. The van der Waals surface area contributed by atoms with Gasteiger partial charge < -0.3 is 14.6 Å². The molecule has 4 heteroatoms. The molecule has 0 aromatic heterocycles. The summed E-state index contributed by atoms with van der Waals surface area (Å²) in [5, 5.41) is 8.52. The first-order chi connectivity index (χ1) is 9.14. The largest absolute Gasteiger partial charge is 0.480 e. The first-order valence-electron chi connectivity index (χ1n) is 7.57. The van der Waals surface area contributed by atoms with Gasteiger partial charge in [-0.1, -0.05) is 0 Å². The number of fused-ring (bicyclic) bond motifs is 2. The topological polar surface area (TPSA) is 55.8 Å². The van der Waals surface area contributed by atoms with Gasteiger partial charge in [0.25, 0.3) is 0 Å². The van der Waals surface area contributed by atoms with Crippen LogP contribution in [0.1, 0.15) is 38.5 Å². The quantitative estimate of drug-likeness (QED) is 0.748. The van der Waals surface area contributed by atoms with Crippen molar-refractivity contribution in [3.8, 4) is 0 Å². The molecule has 1 spiro atoms. The highest BCUT2D eigenvalue weighted by Gasteiger charge is 2.75. The van der Waals surface area contributed by atoms with Gasteiger partial charge in [0.1, 0.15) is 6.61 Å². The summed E-state index contributed by atoms with van der Waals surface area (Å²) < 4.78 is 11.3. The predicted molar refractivity (Wildman–Crippen MR) is 67.7 cm³/mol. The molecule has 4 nitrogen and oxygen atoms in total. The zero-order valence-electron chi connectivity index (χ0n) is 11.3. The molecule has 0 heterocycles. The molecule has 19 heavy (non-hydrogen) atoms. The second kappa shape index (κ2) is 3.95. The molecule has 1 N–H and O–H groups in total. The Labute approximate surface area is 113 Å². The summed E-state index contributed by atoms with van der Waals surface area (Å²) in [5.41, 5.74) is 0.646. The van der Waals surface area contributed by atoms with E-state index in [9.17, 15) is 4.79 Å². The van der Waals surface area contributed by atoms with Crippen LogP contribution in [0.15, 0.2) is 0 Å². The van der Waals surface area contributed by atoms with Crippen molar-refractivity contribution in [2.24, 2.45) is 23.2 Å². The van der Waals surface area contributed by atoms with Crippen LogP contribution in [0.3, 0.4) is 0 Å². The Balaban J connectivity index is 1.36. The van der Waals surface area contributed by atoms with Crippen LogP contribution < -0.4 is 0 Å². The lowest BCUT2D eigenvalue weighted by Gasteiger charge is -2.58. The van der Waals surface area contributed by atoms with Crippen molar-refractivity contribution in [2.45, 2.75) is 44.1 Å². The first kappa shape index (κ1) is 12.2. The minimum absolute atomic E-state index is 0.139. The van der Waals surface area contributed by atoms with E-state index in [4.69, 9.17) is 14.6 Å². The van der Waals surface area contributed by atoms with Crippen LogP contribution in [0.5, 0.6) is 0 Å². The average Bonchev–Trinajstić information content (AvgIpc) is 2.65. The van der Waals surface area contributed by atoms with Gasteiger partial charge in [-0.25, -0.2) is 4.79 Å². The number of carboxylic acids is 1. The van der Waals surface area contributed by atoms with Crippen molar-refractivity contribution in [3.63, 3.8) is 0 Å². The molecule has 3 bridgehead atoms. The lowest BCUT2D eigenvalue weighted by Crippen LogP contribution is -2.59. The van der Waals surface area contributed by atoms with E-state index in [1.165, 1.54) is 38.5 Å². The van der Waals surface area contributed by atoms with Crippen molar-refractivity contribution >= 4 is 5.97 Å². The van der Waals surface area contributed by atoms with Crippen LogP contribution >= 0.6 is 0 Å². The van der Waals surface area contributed by atoms with Gasteiger partial charge in [-0.3, -0.25) is 0 Å². The van der Waals surface area contributed by atoms with Crippen molar-refractivity contribution in [1.82, 2.24) is 0 Å². The highest BCUT2D eigenvalue weighted by Crippen LogP contribution is 2.78. The van der Waals surface area contributed by atoms with E-state index in [1.54, 1.807) is 0 Å². The van der Waals surface area contributed by atoms with Gasteiger partial charge in [-0.05, 0) is 56.3 Å². The normalized spacial score (nSPS) is 49.2. The smallest absolute Gasteiger partial charge is 0.329 e. The predicted octanol–water partition coefficient (Wildman–Crippen LogP) is 2.07. The maximum atomic E-state index is 10.4. The fourth-order valence-corrected chi connectivity index (χ4v) is 6.01. The summed E-state index contributed by atoms with van der Waals surface area (Å²) in [7, 11) is 0. The molecule has 0 aliphatic heterocycles. The molecular weight excluding hydrogens is 244 g/mol. The molecule has 0 aromatic rings. The molecule has 0 radical (unpaired) electrons. The Kier molecular flexibility index (Phi) is 2.53. The molecule has 0 saturated heterocycles. The second-order valence-corrected chi connectivity index (χ2v) is 7.16. The maximum absolute atomic E-state index is 10.4. The summed E-state index contributed by atoms with van der Waals surface area (Å²) in [6.45, 7) is 0.747. The third-order valence-corrected chi connectivity index (χ3v) is 6.31. The third kappa shape index (κ3) is 1.56. The zero-order chi connectivity index (χ0) is 13.1. The van der Waals surface area contributed by atoms with E-state index >= 15 is 0 Å². The number of ether oxygens (including phenoxy) is 2. The molecule has 4 fully saturated rings. The lowest BCUT2D eigenvalue weighted by atomic mass is 9.52. The highest BCUT2D eigenvalue weighted by atomic mass is 16.5. The number of hydrogen-bond acceptors (Lipinski definition) is 3. The van der Waals surface area contributed by atoms with Crippen LogP contribution in [0, 0.1) is 23.2 Å². The molecule has 5 atom stereocenters. The Morgan fingerprint density at radius 1 is 1.11 bits per heavy atom. The summed E-state index contributed by atoms with van der Waals surface area (Å²) in [5.74, 6) is 1.88. The Bertz CT molecular complexity index is 403. The molecule has 106 valence electrons. The Morgan fingerprint density at radius 3 is 2.79 bits per heavy atom. The SMILES string of the molecule is O=C(O)COCCOC12CC3CC4CC(C1)C2(C4)C3.